The lowest BCUT2D eigenvalue weighted by Gasteiger charge is -2.44. The summed E-state index contributed by atoms with van der Waals surface area (Å²) in [7, 11) is 2.13. The zero-order chi connectivity index (χ0) is 18.1. The topological polar surface area (TPSA) is 68.1 Å². The van der Waals surface area contributed by atoms with Crippen molar-refractivity contribution in [2.24, 2.45) is 4.99 Å². The number of aromatic hydroxyl groups is 2. The molecule has 2 aliphatic heterocycles. The van der Waals surface area contributed by atoms with Crippen LogP contribution >= 0.6 is 0 Å². The molecule has 1 spiro atoms. The molecule has 0 bridgehead atoms. The molecule has 4 rings (SSSR count). The number of nitrogens with one attached hydrogen (secondary N) is 1. The van der Waals surface area contributed by atoms with Gasteiger partial charge in [0.25, 0.3) is 0 Å². The number of phenolic OH excluding ortho intramolecular Hbond substituents is 2. The van der Waals surface area contributed by atoms with Crippen LogP contribution in [0.4, 0.5) is 0 Å². The second kappa shape index (κ2) is 6.74. The maximum Gasteiger partial charge on any atom is 0.124 e. The largest absolute Gasteiger partial charge is 0.508 e. The van der Waals surface area contributed by atoms with Crippen LogP contribution in [0.1, 0.15) is 36.4 Å². The normalized spacial score (nSPS) is 23.0. The van der Waals surface area contributed by atoms with Crippen LogP contribution < -0.4 is 5.32 Å². The molecule has 136 valence electrons. The van der Waals surface area contributed by atoms with Gasteiger partial charge >= 0.3 is 0 Å². The van der Waals surface area contributed by atoms with Gasteiger partial charge in [0.15, 0.2) is 0 Å². The second-order valence-electron chi connectivity index (χ2n) is 7.37. The highest BCUT2D eigenvalue weighted by Gasteiger charge is 2.40. The fourth-order valence-corrected chi connectivity index (χ4v) is 4.01. The molecule has 26 heavy (non-hydrogen) atoms. The van der Waals surface area contributed by atoms with E-state index in [-0.39, 0.29) is 17.5 Å². The fraction of sp³-hybridized carbons (Fsp3) is 0.381. The molecule has 0 saturated carbocycles. The lowest BCUT2D eigenvalue weighted by molar-refractivity contribution is 0.144. The Hall–Kier alpha value is -2.37. The summed E-state index contributed by atoms with van der Waals surface area (Å²) in [5.41, 5.74) is 2.22. The molecule has 5 nitrogen and oxygen atoms in total. The van der Waals surface area contributed by atoms with Crippen molar-refractivity contribution in [1.29, 1.82) is 0 Å². The molecule has 1 atom stereocenters. The Balaban J connectivity index is 1.76. The van der Waals surface area contributed by atoms with Gasteiger partial charge in [-0.15, -0.1) is 0 Å². The maximum absolute atomic E-state index is 10.4. The third-order valence-corrected chi connectivity index (χ3v) is 5.53. The number of para-hydroxylation sites is 2. The standard InChI is InChI=1S/C21H25N3O2/c1-24-12-10-21(11-13-24)22-17(15-6-2-4-8-19(15)25)14-18(23-21)16-7-3-5-9-20(16)26/h2-9,17,22,25-26H,10-14H2,1H3/t17-/m1/s1. The highest BCUT2D eigenvalue weighted by Crippen LogP contribution is 2.38. The first kappa shape index (κ1) is 17.1. The number of likely N-dealkylation sites (tertiary alicyclic amines) is 1. The van der Waals surface area contributed by atoms with E-state index < -0.39 is 0 Å². The fourth-order valence-electron chi connectivity index (χ4n) is 4.01. The quantitative estimate of drug-likeness (QED) is 0.778. The molecule has 0 unspecified atom stereocenters. The first-order valence-electron chi connectivity index (χ1n) is 9.18. The van der Waals surface area contributed by atoms with Gasteiger partial charge in [0, 0.05) is 42.4 Å². The first-order valence-corrected chi connectivity index (χ1v) is 9.18. The summed E-state index contributed by atoms with van der Waals surface area (Å²) in [5, 5.41) is 24.4. The maximum atomic E-state index is 10.4. The zero-order valence-corrected chi connectivity index (χ0v) is 15.0. The van der Waals surface area contributed by atoms with E-state index in [1.54, 1.807) is 12.1 Å². The van der Waals surface area contributed by atoms with Crippen LogP contribution in [0.25, 0.3) is 0 Å². The molecule has 1 fully saturated rings. The van der Waals surface area contributed by atoms with E-state index >= 15 is 0 Å². The van der Waals surface area contributed by atoms with E-state index in [0.717, 1.165) is 42.8 Å². The Morgan fingerprint density at radius 1 is 1.00 bits per heavy atom. The minimum Gasteiger partial charge on any atom is -0.508 e. The number of hydrogen-bond donors (Lipinski definition) is 3. The van der Waals surface area contributed by atoms with Crippen LogP contribution in [0.5, 0.6) is 11.5 Å². The van der Waals surface area contributed by atoms with Gasteiger partial charge in [-0.05, 0) is 38.1 Å². The van der Waals surface area contributed by atoms with Crippen molar-refractivity contribution in [2.75, 3.05) is 20.1 Å². The molecule has 2 aromatic rings. The van der Waals surface area contributed by atoms with Gasteiger partial charge < -0.3 is 15.1 Å². The molecule has 2 aliphatic rings. The molecule has 0 radical (unpaired) electrons. The molecule has 2 aromatic carbocycles. The Morgan fingerprint density at radius 3 is 2.35 bits per heavy atom. The van der Waals surface area contributed by atoms with Crippen LogP contribution in [0, 0.1) is 0 Å². The number of rotatable bonds is 2. The number of nitrogens with zero attached hydrogens (tertiary/aromatic N) is 2. The molecular formula is C21H25N3O2. The van der Waals surface area contributed by atoms with Crippen molar-refractivity contribution in [3.05, 3.63) is 59.7 Å². The molecule has 3 N–H and O–H groups in total. The van der Waals surface area contributed by atoms with Crippen molar-refractivity contribution >= 4 is 5.71 Å². The van der Waals surface area contributed by atoms with Crippen molar-refractivity contribution in [3.63, 3.8) is 0 Å². The summed E-state index contributed by atoms with van der Waals surface area (Å²) >= 11 is 0. The van der Waals surface area contributed by atoms with E-state index in [2.05, 4.69) is 17.3 Å². The molecule has 0 aromatic heterocycles. The van der Waals surface area contributed by atoms with E-state index in [0.29, 0.717) is 12.2 Å². The van der Waals surface area contributed by atoms with Gasteiger partial charge in [0.05, 0.1) is 0 Å². The molecule has 2 heterocycles. The predicted octanol–water partition coefficient (Wildman–Crippen LogP) is 3.04. The predicted molar refractivity (Wildman–Crippen MR) is 103 cm³/mol. The van der Waals surface area contributed by atoms with Gasteiger partial charge in [0.1, 0.15) is 17.2 Å². The molecule has 0 amide bonds. The van der Waals surface area contributed by atoms with E-state index in [1.165, 1.54) is 0 Å². The molecule has 0 aliphatic carbocycles. The van der Waals surface area contributed by atoms with E-state index in [4.69, 9.17) is 4.99 Å². The monoisotopic (exact) mass is 351 g/mol. The first-order chi connectivity index (χ1) is 12.6. The minimum atomic E-state index is -0.352. The summed E-state index contributed by atoms with van der Waals surface area (Å²) in [6.45, 7) is 1.94. The van der Waals surface area contributed by atoms with Crippen molar-refractivity contribution < 1.29 is 10.2 Å². The summed E-state index contributed by atoms with van der Waals surface area (Å²) in [6.07, 6.45) is 2.45. The Morgan fingerprint density at radius 2 is 1.65 bits per heavy atom. The Labute approximate surface area is 154 Å². The second-order valence-corrected chi connectivity index (χ2v) is 7.37. The Kier molecular flexibility index (Phi) is 4.42. The van der Waals surface area contributed by atoms with E-state index in [1.807, 2.05) is 36.4 Å². The van der Waals surface area contributed by atoms with E-state index in [9.17, 15) is 10.2 Å². The SMILES string of the molecule is CN1CCC2(CC1)N=C(c1ccccc1O)C[C@H](c1ccccc1O)N2. The van der Waals surface area contributed by atoms with Crippen molar-refractivity contribution in [2.45, 2.75) is 31.0 Å². The lowest BCUT2D eigenvalue weighted by atomic mass is 9.87. The van der Waals surface area contributed by atoms with Gasteiger partial charge in [-0.3, -0.25) is 10.3 Å². The van der Waals surface area contributed by atoms with Crippen LogP contribution in [-0.4, -0.2) is 46.6 Å². The van der Waals surface area contributed by atoms with Gasteiger partial charge in [-0.25, -0.2) is 0 Å². The minimum absolute atomic E-state index is 0.0355. The van der Waals surface area contributed by atoms with Crippen LogP contribution in [0.2, 0.25) is 0 Å². The number of benzene rings is 2. The lowest BCUT2D eigenvalue weighted by Crippen LogP contribution is -2.55. The zero-order valence-electron chi connectivity index (χ0n) is 15.0. The van der Waals surface area contributed by atoms with Crippen molar-refractivity contribution in [1.82, 2.24) is 10.2 Å². The summed E-state index contributed by atoms with van der Waals surface area (Å²) in [4.78, 5) is 7.39. The summed E-state index contributed by atoms with van der Waals surface area (Å²) in [5.74, 6) is 0.555. The number of piperidine rings is 1. The average Bonchev–Trinajstić information content (AvgIpc) is 2.65. The molecule has 5 heteroatoms. The Bertz CT molecular complexity index is 826. The van der Waals surface area contributed by atoms with Crippen LogP contribution in [0.15, 0.2) is 53.5 Å². The molecule has 1 saturated heterocycles. The average molecular weight is 351 g/mol. The smallest absolute Gasteiger partial charge is 0.124 e. The third-order valence-electron chi connectivity index (χ3n) is 5.53. The summed E-state index contributed by atoms with van der Waals surface area (Å²) < 4.78 is 0. The highest BCUT2D eigenvalue weighted by atomic mass is 16.3. The number of hydrogen-bond acceptors (Lipinski definition) is 5. The van der Waals surface area contributed by atoms with Crippen LogP contribution in [0.3, 0.4) is 0 Å². The van der Waals surface area contributed by atoms with Crippen molar-refractivity contribution in [3.8, 4) is 11.5 Å². The van der Waals surface area contributed by atoms with Gasteiger partial charge in [0.2, 0.25) is 0 Å². The van der Waals surface area contributed by atoms with Gasteiger partial charge in [-0.1, -0.05) is 30.3 Å². The van der Waals surface area contributed by atoms with Gasteiger partial charge in [-0.2, -0.15) is 0 Å². The van der Waals surface area contributed by atoms with Crippen LogP contribution in [-0.2, 0) is 0 Å². The highest BCUT2D eigenvalue weighted by molar-refractivity contribution is 6.03. The molecular weight excluding hydrogens is 326 g/mol. The summed E-state index contributed by atoms with van der Waals surface area (Å²) in [6, 6.07) is 14.8. The third kappa shape index (κ3) is 3.20. The number of aliphatic imine (C=N–C) groups is 1. The number of phenols is 2.